The van der Waals surface area contributed by atoms with Crippen molar-refractivity contribution in [3.05, 3.63) is 48.3 Å². The van der Waals surface area contributed by atoms with Gasteiger partial charge in [-0.25, -0.2) is 4.98 Å². The fourth-order valence-electron chi connectivity index (χ4n) is 2.83. The average molecular weight is 324 g/mol. The number of methoxy groups -OCH3 is 1. The summed E-state index contributed by atoms with van der Waals surface area (Å²) in [4.78, 5) is 4.46. The molecule has 4 heteroatoms. The Balaban J connectivity index is 2.02. The second-order valence-electron chi connectivity index (χ2n) is 6.91. The number of aliphatic hydroxyl groups is 1. The van der Waals surface area contributed by atoms with Crippen molar-refractivity contribution in [3.8, 4) is 16.9 Å². The molecule has 0 radical (unpaired) electrons. The van der Waals surface area contributed by atoms with E-state index in [1.807, 2.05) is 32.3 Å². The lowest BCUT2D eigenvalue weighted by Gasteiger charge is -2.17. The topological polar surface area (TPSA) is 47.3 Å². The molecule has 0 aliphatic carbocycles. The SMILES string of the molecule is COc1cc(C)ccc1-c1ccc2ncn(CCC(C)(C)O)c2c1. The Morgan fingerprint density at radius 1 is 1.17 bits per heavy atom. The minimum atomic E-state index is -0.686. The monoisotopic (exact) mass is 324 g/mol. The zero-order chi connectivity index (χ0) is 17.3. The summed E-state index contributed by atoms with van der Waals surface area (Å²) >= 11 is 0. The van der Waals surface area contributed by atoms with Gasteiger partial charge in [0.15, 0.2) is 0 Å². The van der Waals surface area contributed by atoms with Crippen LogP contribution < -0.4 is 4.74 Å². The molecule has 1 aromatic heterocycles. The molecule has 24 heavy (non-hydrogen) atoms. The molecule has 0 fully saturated rings. The summed E-state index contributed by atoms with van der Waals surface area (Å²) in [6.45, 7) is 6.44. The first-order valence-corrected chi connectivity index (χ1v) is 8.20. The third-order valence-corrected chi connectivity index (χ3v) is 4.25. The highest BCUT2D eigenvalue weighted by Crippen LogP contribution is 2.32. The van der Waals surface area contributed by atoms with E-state index in [9.17, 15) is 5.11 Å². The number of ether oxygens (including phenoxy) is 1. The van der Waals surface area contributed by atoms with Gasteiger partial charge in [0.25, 0.3) is 0 Å². The molecule has 0 amide bonds. The van der Waals surface area contributed by atoms with Crippen LogP contribution in [0.5, 0.6) is 5.75 Å². The number of aromatic nitrogens is 2. The predicted octanol–water partition coefficient (Wildman–Crippen LogP) is 4.18. The summed E-state index contributed by atoms with van der Waals surface area (Å²) in [5.74, 6) is 0.872. The molecule has 1 N–H and O–H groups in total. The molecule has 126 valence electrons. The average Bonchev–Trinajstić information content (AvgIpc) is 2.94. The van der Waals surface area contributed by atoms with E-state index in [4.69, 9.17) is 4.74 Å². The third-order valence-electron chi connectivity index (χ3n) is 4.25. The molecule has 0 atom stereocenters. The Kier molecular flexibility index (Phi) is 4.33. The summed E-state index contributed by atoms with van der Waals surface area (Å²) < 4.78 is 7.64. The summed E-state index contributed by atoms with van der Waals surface area (Å²) in [7, 11) is 1.70. The van der Waals surface area contributed by atoms with Crippen LogP contribution in [0.15, 0.2) is 42.7 Å². The molecule has 0 aliphatic rings. The summed E-state index contributed by atoms with van der Waals surface area (Å²) in [6, 6.07) is 12.5. The van der Waals surface area contributed by atoms with Gasteiger partial charge in [-0.3, -0.25) is 0 Å². The highest BCUT2D eigenvalue weighted by molar-refractivity contribution is 5.84. The number of nitrogens with zero attached hydrogens (tertiary/aromatic N) is 2. The highest BCUT2D eigenvalue weighted by Gasteiger charge is 2.14. The zero-order valence-electron chi connectivity index (χ0n) is 14.7. The van der Waals surface area contributed by atoms with Crippen molar-refractivity contribution < 1.29 is 9.84 Å². The molecule has 4 nitrogen and oxygen atoms in total. The van der Waals surface area contributed by atoms with Gasteiger partial charge >= 0.3 is 0 Å². The van der Waals surface area contributed by atoms with E-state index < -0.39 is 5.60 Å². The van der Waals surface area contributed by atoms with Crippen LogP contribution in [0.25, 0.3) is 22.2 Å². The summed E-state index contributed by atoms with van der Waals surface area (Å²) in [5.41, 5.74) is 4.69. The van der Waals surface area contributed by atoms with E-state index in [2.05, 4.69) is 40.7 Å². The maximum Gasteiger partial charge on any atom is 0.126 e. The van der Waals surface area contributed by atoms with Gasteiger partial charge in [0, 0.05) is 12.1 Å². The number of imidazole rings is 1. The van der Waals surface area contributed by atoms with Crippen LogP contribution in [-0.2, 0) is 6.54 Å². The molecule has 3 rings (SSSR count). The summed E-state index contributed by atoms with van der Waals surface area (Å²) in [6.07, 6.45) is 2.52. The van der Waals surface area contributed by atoms with Gasteiger partial charge in [-0.05, 0) is 56.5 Å². The fourth-order valence-corrected chi connectivity index (χ4v) is 2.83. The molecule has 0 unspecified atom stereocenters. The molecule has 0 aliphatic heterocycles. The molecule has 1 heterocycles. The number of rotatable bonds is 5. The van der Waals surface area contributed by atoms with E-state index in [1.54, 1.807) is 7.11 Å². The van der Waals surface area contributed by atoms with Crippen LogP contribution in [-0.4, -0.2) is 27.4 Å². The maximum atomic E-state index is 9.97. The van der Waals surface area contributed by atoms with Gasteiger partial charge in [-0.2, -0.15) is 0 Å². The molecule has 0 saturated heterocycles. The lowest BCUT2D eigenvalue weighted by atomic mass is 10.0. The molecule has 0 bridgehead atoms. The van der Waals surface area contributed by atoms with Crippen molar-refractivity contribution >= 4 is 11.0 Å². The fraction of sp³-hybridized carbons (Fsp3) is 0.350. The number of hydrogen-bond donors (Lipinski definition) is 1. The maximum absolute atomic E-state index is 9.97. The molecular formula is C20H24N2O2. The first-order chi connectivity index (χ1) is 11.4. The number of hydrogen-bond acceptors (Lipinski definition) is 3. The number of benzene rings is 2. The van der Waals surface area contributed by atoms with Crippen molar-refractivity contribution in [3.63, 3.8) is 0 Å². The van der Waals surface area contributed by atoms with Gasteiger partial charge in [-0.1, -0.05) is 18.2 Å². The Hall–Kier alpha value is -2.33. The Labute approximate surface area is 142 Å². The Morgan fingerprint density at radius 3 is 2.67 bits per heavy atom. The van der Waals surface area contributed by atoms with Gasteiger partial charge in [-0.15, -0.1) is 0 Å². The summed E-state index contributed by atoms with van der Waals surface area (Å²) in [5, 5.41) is 9.97. The van der Waals surface area contributed by atoms with E-state index in [-0.39, 0.29) is 0 Å². The minimum absolute atomic E-state index is 0.677. The van der Waals surface area contributed by atoms with Crippen LogP contribution >= 0.6 is 0 Å². The van der Waals surface area contributed by atoms with E-state index >= 15 is 0 Å². The van der Waals surface area contributed by atoms with Crippen molar-refractivity contribution in [1.82, 2.24) is 9.55 Å². The van der Waals surface area contributed by atoms with Gasteiger partial charge in [0.05, 0.1) is 30.1 Å². The minimum Gasteiger partial charge on any atom is -0.496 e. The first-order valence-electron chi connectivity index (χ1n) is 8.20. The van der Waals surface area contributed by atoms with Crippen LogP contribution in [0.3, 0.4) is 0 Å². The normalized spacial score (nSPS) is 11.9. The third kappa shape index (κ3) is 3.44. The molecule has 0 spiro atoms. The molecular weight excluding hydrogens is 300 g/mol. The largest absolute Gasteiger partial charge is 0.496 e. The highest BCUT2D eigenvalue weighted by atomic mass is 16.5. The standard InChI is InChI=1S/C20H24N2O2/c1-14-5-7-16(19(11-14)24-4)15-6-8-17-18(12-15)22(13-21-17)10-9-20(2,3)23/h5-8,11-13,23H,9-10H2,1-4H3. The molecule has 2 aromatic carbocycles. The van der Waals surface area contributed by atoms with Gasteiger partial charge in [0.1, 0.15) is 5.75 Å². The van der Waals surface area contributed by atoms with Crippen LogP contribution in [0, 0.1) is 6.92 Å². The van der Waals surface area contributed by atoms with Crippen LogP contribution in [0.4, 0.5) is 0 Å². The van der Waals surface area contributed by atoms with Crippen molar-refractivity contribution in [2.45, 2.75) is 39.3 Å². The van der Waals surface area contributed by atoms with Gasteiger partial charge in [0.2, 0.25) is 0 Å². The zero-order valence-corrected chi connectivity index (χ0v) is 14.7. The Morgan fingerprint density at radius 2 is 1.96 bits per heavy atom. The first kappa shape index (κ1) is 16.5. The Bertz CT molecular complexity index is 860. The van der Waals surface area contributed by atoms with Crippen LogP contribution in [0.2, 0.25) is 0 Å². The predicted molar refractivity (Wildman–Crippen MR) is 97.4 cm³/mol. The lowest BCUT2D eigenvalue weighted by Crippen LogP contribution is -2.20. The second kappa shape index (κ2) is 6.29. The van der Waals surface area contributed by atoms with Crippen LogP contribution in [0.1, 0.15) is 25.8 Å². The van der Waals surface area contributed by atoms with Crippen molar-refractivity contribution in [1.29, 1.82) is 0 Å². The number of fused-ring (bicyclic) bond motifs is 1. The molecule has 3 aromatic rings. The quantitative estimate of drug-likeness (QED) is 0.766. The molecule has 0 saturated carbocycles. The second-order valence-corrected chi connectivity index (χ2v) is 6.91. The van der Waals surface area contributed by atoms with Crippen molar-refractivity contribution in [2.75, 3.05) is 7.11 Å². The van der Waals surface area contributed by atoms with Crippen molar-refractivity contribution in [2.24, 2.45) is 0 Å². The van der Waals surface area contributed by atoms with E-state index in [0.717, 1.165) is 34.5 Å². The lowest BCUT2D eigenvalue weighted by molar-refractivity contribution is 0.0665. The van der Waals surface area contributed by atoms with Gasteiger partial charge < -0.3 is 14.4 Å². The van der Waals surface area contributed by atoms with E-state index in [1.165, 1.54) is 5.56 Å². The smallest absolute Gasteiger partial charge is 0.126 e. The van der Waals surface area contributed by atoms with E-state index in [0.29, 0.717) is 6.42 Å². The number of aryl methyl sites for hydroxylation is 2.